The Labute approximate surface area is 170 Å². The first-order valence-corrected chi connectivity index (χ1v) is 9.19. The molecule has 2 heterocycles. The summed E-state index contributed by atoms with van der Waals surface area (Å²) in [5.74, 6) is 1.20. The summed E-state index contributed by atoms with van der Waals surface area (Å²) in [5.41, 5.74) is 9.46. The molecule has 0 saturated heterocycles. The van der Waals surface area contributed by atoms with Gasteiger partial charge in [-0.2, -0.15) is 9.78 Å². The van der Waals surface area contributed by atoms with E-state index in [0.717, 1.165) is 26.8 Å². The highest BCUT2D eigenvalue weighted by atomic mass is 16.4. The Kier molecular flexibility index (Phi) is 4.03. The monoisotopic (exact) mass is 396 g/mol. The predicted octanol–water partition coefficient (Wildman–Crippen LogP) is 4.50. The highest BCUT2D eigenvalue weighted by Crippen LogP contribution is 2.29. The van der Waals surface area contributed by atoms with Gasteiger partial charge in [-0.1, -0.05) is 24.3 Å². The molecule has 0 spiro atoms. The molecular weight excluding hydrogens is 380 g/mol. The maximum absolute atomic E-state index is 11.3. The van der Waals surface area contributed by atoms with Gasteiger partial charge in [0.15, 0.2) is 5.82 Å². The summed E-state index contributed by atoms with van der Waals surface area (Å²) >= 11 is 0. The average molecular weight is 396 g/mol. The fourth-order valence-corrected chi connectivity index (χ4v) is 3.38. The molecule has 0 radical (unpaired) electrons. The molecule has 0 amide bonds. The van der Waals surface area contributed by atoms with Gasteiger partial charge in [-0.15, -0.1) is 0 Å². The molecule has 8 nitrogen and oxygen atoms in total. The van der Waals surface area contributed by atoms with Crippen LogP contribution in [0.3, 0.4) is 0 Å². The summed E-state index contributed by atoms with van der Waals surface area (Å²) in [6.07, 6.45) is 0.393. The fourth-order valence-electron chi connectivity index (χ4n) is 3.38. The zero-order chi connectivity index (χ0) is 20.7. The SMILES string of the molecule is Nc1cccc(-c2nc(Nc3ccc4c(cnn4C(=O)O)c3)c3ccccc3n2)c1. The smallest absolute Gasteiger partial charge is 0.432 e. The van der Waals surface area contributed by atoms with Gasteiger partial charge in [-0.05, 0) is 42.5 Å². The zero-order valence-corrected chi connectivity index (χ0v) is 15.6. The van der Waals surface area contributed by atoms with Gasteiger partial charge in [0.25, 0.3) is 0 Å². The second-order valence-electron chi connectivity index (χ2n) is 6.78. The van der Waals surface area contributed by atoms with Gasteiger partial charge in [-0.3, -0.25) is 0 Å². The molecule has 2 aromatic heterocycles. The molecule has 146 valence electrons. The number of anilines is 3. The number of nitrogens with one attached hydrogen (secondary N) is 1. The van der Waals surface area contributed by atoms with Gasteiger partial charge < -0.3 is 16.2 Å². The van der Waals surface area contributed by atoms with Crippen molar-refractivity contribution in [3.63, 3.8) is 0 Å². The fraction of sp³-hybridized carbons (Fsp3) is 0. The lowest BCUT2D eigenvalue weighted by Crippen LogP contribution is -2.08. The molecule has 3 aromatic carbocycles. The van der Waals surface area contributed by atoms with Gasteiger partial charge in [0.2, 0.25) is 0 Å². The molecule has 5 rings (SSSR count). The number of fused-ring (bicyclic) bond motifs is 2. The van der Waals surface area contributed by atoms with Crippen LogP contribution in [-0.4, -0.2) is 30.9 Å². The second kappa shape index (κ2) is 6.85. The zero-order valence-electron chi connectivity index (χ0n) is 15.6. The standard InChI is InChI=1S/C22H16N6O2/c23-15-5-3-4-13(10-15)20-26-18-7-2-1-6-17(18)21(27-20)25-16-8-9-19-14(11-16)12-24-28(19)22(29)30/h1-12H,23H2,(H,29,30)(H,25,26,27). The van der Waals surface area contributed by atoms with Crippen LogP contribution in [0.2, 0.25) is 0 Å². The van der Waals surface area contributed by atoms with Crippen molar-refractivity contribution >= 4 is 45.1 Å². The Hall–Kier alpha value is -4.46. The highest BCUT2D eigenvalue weighted by Gasteiger charge is 2.12. The summed E-state index contributed by atoms with van der Waals surface area (Å²) in [7, 11) is 0. The summed E-state index contributed by atoms with van der Waals surface area (Å²) < 4.78 is 0.942. The van der Waals surface area contributed by atoms with Crippen LogP contribution in [0.5, 0.6) is 0 Å². The van der Waals surface area contributed by atoms with Crippen LogP contribution in [0, 0.1) is 0 Å². The van der Waals surface area contributed by atoms with Crippen molar-refractivity contribution in [1.82, 2.24) is 19.7 Å². The number of carbonyl (C=O) groups is 1. The number of carboxylic acid groups (broad SMARTS) is 1. The number of rotatable bonds is 3. The third kappa shape index (κ3) is 3.06. The quantitative estimate of drug-likeness (QED) is 0.384. The Morgan fingerprint density at radius 1 is 1.00 bits per heavy atom. The first kappa shape index (κ1) is 17.6. The number of hydrogen-bond donors (Lipinski definition) is 3. The van der Waals surface area contributed by atoms with Crippen LogP contribution in [0.25, 0.3) is 33.2 Å². The van der Waals surface area contributed by atoms with Crippen LogP contribution in [0.4, 0.5) is 22.0 Å². The molecule has 30 heavy (non-hydrogen) atoms. The molecule has 0 aliphatic carbocycles. The van der Waals surface area contributed by atoms with E-state index in [1.165, 1.54) is 6.20 Å². The van der Waals surface area contributed by atoms with Gasteiger partial charge in [0.1, 0.15) is 5.82 Å². The normalized spacial score (nSPS) is 11.1. The lowest BCUT2D eigenvalue weighted by atomic mass is 10.1. The number of nitrogen functional groups attached to an aromatic ring is 1. The van der Waals surface area contributed by atoms with Gasteiger partial charge in [0, 0.05) is 27.7 Å². The van der Waals surface area contributed by atoms with E-state index in [1.54, 1.807) is 12.1 Å². The number of benzene rings is 3. The lowest BCUT2D eigenvalue weighted by molar-refractivity contribution is 0.194. The van der Waals surface area contributed by atoms with Crippen molar-refractivity contribution in [3.8, 4) is 11.4 Å². The predicted molar refractivity (Wildman–Crippen MR) is 116 cm³/mol. The van der Waals surface area contributed by atoms with E-state index in [0.29, 0.717) is 28.2 Å². The lowest BCUT2D eigenvalue weighted by Gasteiger charge is -2.11. The number of aromatic nitrogens is 4. The molecule has 0 aliphatic heterocycles. The van der Waals surface area contributed by atoms with Crippen molar-refractivity contribution < 1.29 is 9.90 Å². The van der Waals surface area contributed by atoms with E-state index in [9.17, 15) is 9.90 Å². The molecule has 0 saturated carbocycles. The molecule has 8 heteroatoms. The molecule has 0 unspecified atom stereocenters. The molecular formula is C22H16N6O2. The topological polar surface area (TPSA) is 119 Å². The maximum atomic E-state index is 11.3. The third-order valence-electron chi connectivity index (χ3n) is 4.76. The minimum absolute atomic E-state index is 0.515. The molecule has 0 bridgehead atoms. The van der Waals surface area contributed by atoms with Crippen LogP contribution in [0.1, 0.15) is 0 Å². The van der Waals surface area contributed by atoms with Crippen molar-refractivity contribution in [1.29, 1.82) is 0 Å². The van der Waals surface area contributed by atoms with Crippen LogP contribution < -0.4 is 11.1 Å². The van der Waals surface area contributed by atoms with Crippen molar-refractivity contribution in [2.75, 3.05) is 11.1 Å². The Morgan fingerprint density at radius 2 is 1.87 bits per heavy atom. The Bertz CT molecular complexity index is 1430. The van der Waals surface area contributed by atoms with E-state index >= 15 is 0 Å². The highest BCUT2D eigenvalue weighted by molar-refractivity contribution is 5.94. The van der Waals surface area contributed by atoms with Crippen LogP contribution >= 0.6 is 0 Å². The first-order valence-electron chi connectivity index (χ1n) is 9.19. The third-order valence-corrected chi connectivity index (χ3v) is 4.76. The van der Waals surface area contributed by atoms with E-state index in [4.69, 9.17) is 10.7 Å². The minimum atomic E-state index is -1.13. The van der Waals surface area contributed by atoms with Crippen LogP contribution in [0.15, 0.2) is 72.9 Å². The molecule has 5 aromatic rings. The number of nitrogens with zero attached hydrogens (tertiary/aromatic N) is 4. The number of para-hydroxylation sites is 1. The van der Waals surface area contributed by atoms with Gasteiger partial charge >= 0.3 is 6.09 Å². The summed E-state index contributed by atoms with van der Waals surface area (Å²) in [4.78, 5) is 20.7. The Morgan fingerprint density at radius 3 is 2.70 bits per heavy atom. The van der Waals surface area contributed by atoms with Crippen molar-refractivity contribution in [3.05, 3.63) is 72.9 Å². The second-order valence-corrected chi connectivity index (χ2v) is 6.78. The molecule has 4 N–H and O–H groups in total. The van der Waals surface area contributed by atoms with E-state index in [-0.39, 0.29) is 0 Å². The largest absolute Gasteiger partial charge is 0.463 e. The van der Waals surface area contributed by atoms with E-state index in [1.807, 2.05) is 54.6 Å². The molecule has 0 fully saturated rings. The maximum Gasteiger partial charge on any atom is 0.432 e. The van der Waals surface area contributed by atoms with Crippen molar-refractivity contribution in [2.24, 2.45) is 0 Å². The van der Waals surface area contributed by atoms with E-state index < -0.39 is 6.09 Å². The Balaban J connectivity index is 1.61. The number of nitrogens with two attached hydrogens (primary N) is 1. The van der Waals surface area contributed by atoms with Crippen LogP contribution in [-0.2, 0) is 0 Å². The summed E-state index contributed by atoms with van der Waals surface area (Å²) in [6.45, 7) is 0. The van der Waals surface area contributed by atoms with E-state index in [2.05, 4.69) is 15.4 Å². The van der Waals surface area contributed by atoms with Gasteiger partial charge in [-0.25, -0.2) is 14.8 Å². The minimum Gasteiger partial charge on any atom is -0.463 e. The first-order chi connectivity index (χ1) is 14.6. The number of hydrogen-bond acceptors (Lipinski definition) is 6. The molecule has 0 aliphatic rings. The van der Waals surface area contributed by atoms with Gasteiger partial charge in [0.05, 0.1) is 17.2 Å². The summed E-state index contributed by atoms with van der Waals surface area (Å²) in [5, 5.41) is 18.0. The molecule has 0 atom stereocenters. The van der Waals surface area contributed by atoms with Crippen molar-refractivity contribution in [2.45, 2.75) is 0 Å². The summed E-state index contributed by atoms with van der Waals surface area (Å²) in [6, 6.07) is 20.5. The average Bonchev–Trinajstić information content (AvgIpc) is 3.17.